The molecule has 0 spiro atoms. The summed E-state index contributed by atoms with van der Waals surface area (Å²) in [6, 6.07) is 0. The number of Topliss-reactive ketones (excluding diaryl/α,β-unsaturated/α-hetero) is 1. The summed E-state index contributed by atoms with van der Waals surface area (Å²) in [7, 11) is -11.8. The fourth-order valence-electron chi connectivity index (χ4n) is 3.72. The first kappa shape index (κ1) is 29.8. The number of imidazole rings is 1. The van der Waals surface area contributed by atoms with Crippen LogP contribution in [0.5, 0.6) is 0 Å². The van der Waals surface area contributed by atoms with Crippen LogP contribution in [0.1, 0.15) is 6.23 Å². The Hall–Kier alpha value is -2.20. The summed E-state index contributed by atoms with van der Waals surface area (Å²) < 4.78 is 47.9. The van der Waals surface area contributed by atoms with E-state index in [4.69, 9.17) is 20.3 Å². The van der Waals surface area contributed by atoms with Crippen LogP contribution in [0.3, 0.4) is 0 Å². The van der Waals surface area contributed by atoms with Crippen molar-refractivity contribution in [3.63, 3.8) is 0 Å². The van der Waals surface area contributed by atoms with Crippen molar-refractivity contribution in [1.82, 2.24) is 19.5 Å². The number of aromatic amines is 1. The number of nitrogens with two attached hydrogens (primary N) is 1. The van der Waals surface area contributed by atoms with Gasteiger partial charge < -0.3 is 55.1 Å². The molecule has 10 atom stereocenters. The molecule has 2 aliphatic rings. The summed E-state index contributed by atoms with van der Waals surface area (Å²) in [5, 5.41) is 49.2. The number of carbonyl (C=O) groups excluding carboxylic acids is 1. The fourth-order valence-corrected chi connectivity index (χ4v) is 5.80. The smallest absolute Gasteiger partial charge is 0.280 e. The van der Waals surface area contributed by atoms with Gasteiger partial charge in [0.15, 0.2) is 29.5 Å². The third kappa shape index (κ3) is 6.11. The van der Waals surface area contributed by atoms with Gasteiger partial charge in [0.25, 0.3) is 21.2 Å². The van der Waals surface area contributed by atoms with Gasteiger partial charge in [0.1, 0.15) is 36.6 Å². The number of H-pyrrole nitrogens is 1. The predicted octanol–water partition coefficient (Wildman–Crippen LogP) is -5.68. The van der Waals surface area contributed by atoms with Gasteiger partial charge in [0.2, 0.25) is 5.95 Å². The lowest BCUT2D eigenvalue weighted by molar-refractivity contribution is -0.279. The molecule has 2 aromatic heterocycles. The van der Waals surface area contributed by atoms with Crippen LogP contribution in [-0.4, -0.2) is 107 Å². The van der Waals surface area contributed by atoms with E-state index in [1.165, 1.54) is 0 Å². The van der Waals surface area contributed by atoms with Gasteiger partial charge in [-0.1, -0.05) is 0 Å². The van der Waals surface area contributed by atoms with Gasteiger partial charge in [-0.2, -0.15) is 4.98 Å². The van der Waals surface area contributed by atoms with Gasteiger partial charge in [0.05, 0.1) is 19.5 Å². The number of nitrogen functional groups attached to an aromatic ring is 1. The van der Waals surface area contributed by atoms with Gasteiger partial charge in [-0.15, -0.1) is 0 Å². The van der Waals surface area contributed by atoms with Crippen molar-refractivity contribution in [2.45, 2.75) is 49.1 Å². The minimum absolute atomic E-state index is 0.140. The van der Waals surface area contributed by atoms with Crippen LogP contribution in [0.4, 0.5) is 5.95 Å². The molecule has 39 heavy (non-hydrogen) atoms. The molecule has 0 radical (unpaired) electrons. The van der Waals surface area contributed by atoms with Crippen molar-refractivity contribution in [3.8, 4) is 0 Å². The number of ether oxygens (including phenoxy) is 2. The predicted molar refractivity (Wildman–Crippen MR) is 115 cm³/mol. The number of hydrogen-bond donors (Lipinski definition) is 7. The lowest BCUT2D eigenvalue weighted by Gasteiger charge is -2.38. The summed E-state index contributed by atoms with van der Waals surface area (Å²) in [5.74, 6) is -1.48. The number of ketones is 1. The summed E-state index contributed by atoms with van der Waals surface area (Å²) in [6.07, 6.45) is -14.2. The molecule has 2 aromatic rings. The number of rotatable bonds is 9. The topological polar surface area (TPSA) is 334 Å². The molecular formula is C16H21N5O16P2-2. The maximum absolute atomic E-state index is 12.1. The number of anilines is 1. The molecule has 0 amide bonds. The molecule has 4 heterocycles. The highest BCUT2D eigenvalue weighted by molar-refractivity contribution is 7.59. The molecule has 21 nitrogen and oxygen atoms in total. The van der Waals surface area contributed by atoms with Crippen LogP contribution >= 0.6 is 15.6 Å². The van der Waals surface area contributed by atoms with Crippen LogP contribution in [-0.2, 0) is 36.8 Å². The molecule has 4 rings (SSSR count). The van der Waals surface area contributed by atoms with E-state index < -0.39 is 89.3 Å². The Morgan fingerprint density at radius 3 is 2.46 bits per heavy atom. The number of carbonyl (C=O) groups is 1. The van der Waals surface area contributed by atoms with Gasteiger partial charge in [-0.05, 0) is 0 Å². The highest BCUT2D eigenvalue weighted by atomic mass is 31.3. The van der Waals surface area contributed by atoms with Crippen LogP contribution in [0.2, 0.25) is 0 Å². The second-order valence-electron chi connectivity index (χ2n) is 8.21. The molecule has 218 valence electrons. The summed E-state index contributed by atoms with van der Waals surface area (Å²) >= 11 is 0. The van der Waals surface area contributed by atoms with E-state index in [1.807, 2.05) is 0 Å². The molecule has 8 N–H and O–H groups in total. The molecule has 2 aliphatic heterocycles. The molecule has 2 saturated heterocycles. The van der Waals surface area contributed by atoms with Crippen molar-refractivity contribution in [2.24, 2.45) is 0 Å². The number of aliphatic hydroxyl groups is 5. The Balaban J connectivity index is 1.40. The number of phosphoric ester groups is 2. The van der Waals surface area contributed by atoms with Gasteiger partial charge in [0, 0.05) is 0 Å². The maximum Gasteiger partial charge on any atom is 0.280 e. The lowest BCUT2D eigenvalue weighted by Crippen LogP contribution is -2.56. The van der Waals surface area contributed by atoms with Crippen molar-refractivity contribution >= 4 is 38.5 Å². The average molecular weight is 601 g/mol. The first-order chi connectivity index (χ1) is 18.1. The molecule has 0 saturated carbocycles. The summed E-state index contributed by atoms with van der Waals surface area (Å²) in [5.41, 5.74) is 4.46. The molecule has 0 bridgehead atoms. The van der Waals surface area contributed by atoms with E-state index >= 15 is 0 Å². The number of aliphatic hydroxyl groups excluding tert-OH is 5. The number of nitrogens with one attached hydrogen (secondary N) is 1. The van der Waals surface area contributed by atoms with Crippen LogP contribution in [0.15, 0.2) is 11.1 Å². The number of hydrogen-bond acceptors (Lipinski definition) is 19. The highest BCUT2D eigenvalue weighted by Crippen LogP contribution is 2.57. The van der Waals surface area contributed by atoms with Crippen LogP contribution in [0.25, 0.3) is 11.2 Å². The molecule has 0 aromatic carbocycles. The van der Waals surface area contributed by atoms with Crippen molar-refractivity contribution < 1.29 is 72.1 Å². The van der Waals surface area contributed by atoms with Crippen molar-refractivity contribution in [3.05, 3.63) is 16.7 Å². The SMILES string of the molecule is Nc1nc2c(ncn2[C@@H]2O[C@H](COP(=O)([O-])OP(=O)([O-])O[C@H]3O[C@@H](CO)C(=O)[C@H](O)[C@@H]3O)[C@@H](O)[C@H]2O)c(=O)[nH]1. The monoisotopic (exact) mass is 601 g/mol. The fraction of sp³-hybridized carbons (Fsp3) is 0.625. The number of nitrogens with zero attached hydrogens (tertiary/aromatic N) is 3. The van der Waals surface area contributed by atoms with Crippen LogP contribution < -0.4 is 21.1 Å². The zero-order valence-corrected chi connectivity index (χ0v) is 20.9. The van der Waals surface area contributed by atoms with Gasteiger partial charge in [-0.3, -0.25) is 32.8 Å². The van der Waals surface area contributed by atoms with E-state index in [0.29, 0.717) is 0 Å². The second-order valence-corrected chi connectivity index (χ2v) is 11.1. The minimum atomic E-state index is -5.94. The normalized spacial score (nSPS) is 34.7. The number of fused-ring (bicyclic) bond motifs is 1. The van der Waals surface area contributed by atoms with Crippen molar-refractivity contribution in [1.29, 1.82) is 0 Å². The summed E-state index contributed by atoms with van der Waals surface area (Å²) in [6.45, 7) is -2.12. The van der Waals surface area contributed by atoms with E-state index in [2.05, 4.69) is 28.3 Å². The molecular weight excluding hydrogens is 580 g/mol. The minimum Gasteiger partial charge on any atom is -0.756 e. The molecule has 23 heteroatoms. The maximum atomic E-state index is 12.1. The third-order valence-corrected chi connectivity index (χ3v) is 8.10. The van der Waals surface area contributed by atoms with Gasteiger partial charge >= 0.3 is 0 Å². The lowest BCUT2D eigenvalue weighted by atomic mass is 10.0. The first-order valence-corrected chi connectivity index (χ1v) is 13.6. The Labute approximate surface area is 215 Å². The van der Waals surface area contributed by atoms with E-state index in [9.17, 15) is 48.9 Å². The van der Waals surface area contributed by atoms with Crippen LogP contribution in [0, 0.1) is 0 Å². The molecule has 2 unspecified atom stereocenters. The summed E-state index contributed by atoms with van der Waals surface area (Å²) in [4.78, 5) is 57.7. The standard InChI is InChI=1S/C16H23N5O16P2/c17-16-19-12-6(13(28)20-16)18-3-21(12)14-10(26)8(24)5(34-14)2-33-38(29,30)37-39(31,32)36-15-11(27)9(25)7(23)4(1-22)35-15/h3-5,8-11,14-15,22,24-27H,1-2H2,(H,29,30)(H,31,32)(H3,17,19,20,28)/p-2/t4-,5+,8+,9-,10+,11-,14+,15+/m0/s1. The van der Waals surface area contributed by atoms with Crippen molar-refractivity contribution in [2.75, 3.05) is 18.9 Å². The Bertz CT molecular complexity index is 1380. The average Bonchev–Trinajstić information content (AvgIpc) is 3.38. The zero-order valence-electron chi connectivity index (χ0n) is 19.2. The quantitative estimate of drug-likeness (QED) is 0.132. The molecule has 2 fully saturated rings. The Morgan fingerprint density at radius 1 is 1.10 bits per heavy atom. The molecule has 0 aliphatic carbocycles. The van der Waals surface area contributed by atoms with Gasteiger partial charge in [-0.25, -0.2) is 9.29 Å². The number of aromatic nitrogens is 4. The Kier molecular flexibility index (Phi) is 8.39. The third-order valence-electron chi connectivity index (χ3n) is 5.57. The van der Waals surface area contributed by atoms with E-state index in [0.717, 1.165) is 10.9 Å². The zero-order chi connectivity index (χ0) is 28.9. The van der Waals surface area contributed by atoms with E-state index in [-0.39, 0.29) is 17.1 Å². The number of phosphoric acid groups is 2. The Morgan fingerprint density at radius 2 is 1.79 bits per heavy atom. The highest BCUT2D eigenvalue weighted by Gasteiger charge is 2.47. The first-order valence-electron chi connectivity index (χ1n) is 10.7. The second kappa shape index (κ2) is 11.0. The largest absolute Gasteiger partial charge is 0.756 e. The van der Waals surface area contributed by atoms with E-state index in [1.54, 1.807) is 0 Å².